The van der Waals surface area contributed by atoms with Crippen LogP contribution in [0.15, 0.2) is 24.3 Å². The molecule has 0 spiro atoms. The fourth-order valence-corrected chi connectivity index (χ4v) is 3.16. The van der Waals surface area contributed by atoms with E-state index in [-0.39, 0.29) is 5.41 Å². The van der Waals surface area contributed by atoms with Gasteiger partial charge in [0.25, 0.3) is 0 Å². The van der Waals surface area contributed by atoms with E-state index in [1.54, 1.807) is 0 Å². The third-order valence-electron chi connectivity index (χ3n) is 5.01. The second kappa shape index (κ2) is 6.17. The minimum absolute atomic E-state index is 0.254. The lowest BCUT2D eigenvalue weighted by molar-refractivity contribution is -0.109. The zero-order chi connectivity index (χ0) is 14.8. The van der Waals surface area contributed by atoms with E-state index in [1.807, 2.05) is 0 Å². The number of nitrogens with one attached hydrogen (secondary N) is 1. The SMILES string of the molecule is CCOC1CC(Nc2cccc(C(C)C)c2)C1(C)CC. The van der Waals surface area contributed by atoms with Crippen molar-refractivity contribution >= 4 is 5.69 Å². The Morgan fingerprint density at radius 3 is 2.70 bits per heavy atom. The normalized spacial score (nSPS) is 29.3. The lowest BCUT2D eigenvalue weighted by Crippen LogP contribution is -2.59. The average molecular weight is 275 g/mol. The molecule has 1 saturated carbocycles. The van der Waals surface area contributed by atoms with Gasteiger partial charge in [0.05, 0.1) is 6.10 Å². The van der Waals surface area contributed by atoms with Gasteiger partial charge in [-0.1, -0.05) is 39.8 Å². The molecule has 1 aromatic carbocycles. The minimum Gasteiger partial charge on any atom is -0.382 e. The third-order valence-corrected chi connectivity index (χ3v) is 5.01. The monoisotopic (exact) mass is 275 g/mol. The largest absolute Gasteiger partial charge is 0.382 e. The maximum atomic E-state index is 5.87. The van der Waals surface area contributed by atoms with E-state index in [0.717, 1.165) is 19.4 Å². The summed E-state index contributed by atoms with van der Waals surface area (Å²) in [6.45, 7) is 12.0. The van der Waals surface area contributed by atoms with Gasteiger partial charge in [0.15, 0.2) is 0 Å². The van der Waals surface area contributed by atoms with Crippen LogP contribution in [0.4, 0.5) is 5.69 Å². The van der Waals surface area contributed by atoms with E-state index in [2.05, 4.69) is 64.2 Å². The van der Waals surface area contributed by atoms with Gasteiger partial charge in [-0.2, -0.15) is 0 Å². The summed E-state index contributed by atoms with van der Waals surface area (Å²) in [5.41, 5.74) is 2.90. The number of ether oxygens (including phenoxy) is 1. The molecule has 2 nitrogen and oxygen atoms in total. The van der Waals surface area contributed by atoms with Crippen LogP contribution in [0.1, 0.15) is 58.9 Å². The molecule has 112 valence electrons. The van der Waals surface area contributed by atoms with Gasteiger partial charge >= 0.3 is 0 Å². The molecule has 3 atom stereocenters. The van der Waals surface area contributed by atoms with Crippen LogP contribution in [0.5, 0.6) is 0 Å². The molecule has 1 N–H and O–H groups in total. The van der Waals surface area contributed by atoms with Crippen molar-refractivity contribution < 1.29 is 4.74 Å². The Hall–Kier alpha value is -1.02. The first-order valence-corrected chi connectivity index (χ1v) is 7.99. The van der Waals surface area contributed by atoms with Crippen molar-refractivity contribution in [3.63, 3.8) is 0 Å². The highest BCUT2D eigenvalue weighted by Gasteiger charge is 2.51. The van der Waals surface area contributed by atoms with Crippen molar-refractivity contribution in [2.24, 2.45) is 5.41 Å². The van der Waals surface area contributed by atoms with Crippen LogP contribution in [0, 0.1) is 5.41 Å². The topological polar surface area (TPSA) is 21.3 Å². The van der Waals surface area contributed by atoms with Crippen molar-refractivity contribution in [1.82, 2.24) is 0 Å². The number of anilines is 1. The smallest absolute Gasteiger partial charge is 0.0667 e. The molecule has 0 heterocycles. The Bertz CT molecular complexity index is 443. The molecule has 0 bridgehead atoms. The summed E-state index contributed by atoms with van der Waals surface area (Å²) < 4.78 is 5.87. The number of hydrogen-bond donors (Lipinski definition) is 1. The van der Waals surface area contributed by atoms with E-state index >= 15 is 0 Å². The van der Waals surface area contributed by atoms with Crippen LogP contribution in [0.3, 0.4) is 0 Å². The van der Waals surface area contributed by atoms with E-state index in [9.17, 15) is 0 Å². The van der Waals surface area contributed by atoms with E-state index in [0.29, 0.717) is 18.1 Å². The number of hydrogen-bond acceptors (Lipinski definition) is 2. The summed E-state index contributed by atoms with van der Waals surface area (Å²) in [4.78, 5) is 0. The Morgan fingerprint density at radius 2 is 2.10 bits per heavy atom. The maximum absolute atomic E-state index is 5.87. The molecule has 0 aromatic heterocycles. The second-order valence-corrected chi connectivity index (χ2v) is 6.52. The van der Waals surface area contributed by atoms with Crippen molar-refractivity contribution in [1.29, 1.82) is 0 Å². The van der Waals surface area contributed by atoms with Crippen molar-refractivity contribution in [2.75, 3.05) is 11.9 Å². The first kappa shape index (κ1) is 15.4. The predicted octanol–water partition coefficient (Wildman–Crippen LogP) is 4.82. The molecule has 0 radical (unpaired) electrons. The van der Waals surface area contributed by atoms with Crippen LogP contribution >= 0.6 is 0 Å². The third kappa shape index (κ3) is 2.85. The molecule has 0 saturated heterocycles. The van der Waals surface area contributed by atoms with Gasteiger partial charge in [-0.05, 0) is 43.4 Å². The summed E-state index contributed by atoms with van der Waals surface area (Å²) in [6.07, 6.45) is 2.67. The highest BCUT2D eigenvalue weighted by molar-refractivity contribution is 5.48. The van der Waals surface area contributed by atoms with Crippen molar-refractivity contribution in [3.8, 4) is 0 Å². The molecule has 20 heavy (non-hydrogen) atoms. The molecule has 2 heteroatoms. The van der Waals surface area contributed by atoms with Crippen molar-refractivity contribution in [3.05, 3.63) is 29.8 Å². The van der Waals surface area contributed by atoms with E-state index < -0.39 is 0 Å². The van der Waals surface area contributed by atoms with E-state index in [4.69, 9.17) is 4.74 Å². The zero-order valence-corrected chi connectivity index (χ0v) is 13.6. The summed E-state index contributed by atoms with van der Waals surface area (Å²) in [6, 6.07) is 9.34. The molecule has 1 aliphatic carbocycles. The lowest BCUT2D eigenvalue weighted by Gasteiger charge is -2.54. The van der Waals surface area contributed by atoms with Crippen LogP contribution in [-0.2, 0) is 4.74 Å². The van der Waals surface area contributed by atoms with Crippen LogP contribution < -0.4 is 5.32 Å². The zero-order valence-electron chi connectivity index (χ0n) is 13.6. The second-order valence-electron chi connectivity index (χ2n) is 6.52. The molecular weight excluding hydrogens is 246 g/mol. The quantitative estimate of drug-likeness (QED) is 0.804. The Kier molecular flexibility index (Phi) is 4.74. The maximum Gasteiger partial charge on any atom is 0.0667 e. The minimum atomic E-state index is 0.254. The van der Waals surface area contributed by atoms with Gasteiger partial charge in [-0.3, -0.25) is 0 Å². The summed E-state index contributed by atoms with van der Waals surface area (Å²) in [7, 11) is 0. The molecule has 1 aromatic rings. The van der Waals surface area contributed by atoms with Crippen molar-refractivity contribution in [2.45, 2.75) is 65.5 Å². The van der Waals surface area contributed by atoms with Gasteiger partial charge in [-0.15, -0.1) is 0 Å². The van der Waals surface area contributed by atoms with Gasteiger partial charge < -0.3 is 10.1 Å². The summed E-state index contributed by atoms with van der Waals surface area (Å²) >= 11 is 0. The molecule has 0 aliphatic heterocycles. The summed E-state index contributed by atoms with van der Waals surface area (Å²) in [5, 5.41) is 3.72. The molecular formula is C18H29NO. The molecule has 1 fully saturated rings. The standard InChI is InChI=1S/C18H29NO/c1-6-18(5)16(12-17(18)20-7-2)19-15-10-8-9-14(11-15)13(3)4/h8-11,13,16-17,19H,6-7,12H2,1-5H3. The lowest BCUT2D eigenvalue weighted by atomic mass is 9.61. The predicted molar refractivity (Wildman–Crippen MR) is 86.4 cm³/mol. The first-order valence-electron chi connectivity index (χ1n) is 7.99. The molecule has 0 amide bonds. The highest BCUT2D eigenvalue weighted by atomic mass is 16.5. The Labute approximate surface area is 123 Å². The summed E-state index contributed by atoms with van der Waals surface area (Å²) in [5.74, 6) is 0.576. The van der Waals surface area contributed by atoms with Gasteiger partial charge in [-0.25, -0.2) is 0 Å². The number of rotatable bonds is 6. The fourth-order valence-electron chi connectivity index (χ4n) is 3.16. The fraction of sp³-hybridized carbons (Fsp3) is 0.667. The molecule has 1 aliphatic rings. The van der Waals surface area contributed by atoms with Gasteiger partial charge in [0, 0.05) is 23.8 Å². The average Bonchev–Trinajstić information content (AvgIpc) is 2.45. The number of benzene rings is 1. The van der Waals surface area contributed by atoms with Crippen LogP contribution in [0.2, 0.25) is 0 Å². The van der Waals surface area contributed by atoms with E-state index in [1.165, 1.54) is 11.3 Å². The van der Waals surface area contributed by atoms with Gasteiger partial charge in [0.2, 0.25) is 0 Å². The Morgan fingerprint density at radius 1 is 1.35 bits per heavy atom. The highest BCUT2D eigenvalue weighted by Crippen LogP contribution is 2.47. The molecule has 2 rings (SSSR count). The Balaban J connectivity index is 2.05. The van der Waals surface area contributed by atoms with Gasteiger partial charge in [0.1, 0.15) is 0 Å². The molecule has 3 unspecified atom stereocenters. The van der Waals surface area contributed by atoms with Crippen LogP contribution in [-0.4, -0.2) is 18.8 Å². The first-order chi connectivity index (χ1) is 9.51. The van der Waals surface area contributed by atoms with Crippen LogP contribution in [0.25, 0.3) is 0 Å².